The van der Waals surface area contributed by atoms with Gasteiger partial charge in [-0.3, -0.25) is 0 Å². The van der Waals surface area contributed by atoms with Crippen LogP contribution in [0, 0.1) is 5.92 Å². The van der Waals surface area contributed by atoms with Gasteiger partial charge in [-0.05, 0) is 48.9 Å². The molecule has 16 heavy (non-hydrogen) atoms. The van der Waals surface area contributed by atoms with E-state index in [0.29, 0.717) is 5.92 Å². The molecular weight excluding hydrogens is 196 g/mol. The van der Waals surface area contributed by atoms with E-state index in [1.54, 1.807) is 0 Å². The normalized spacial score (nSPS) is 12.2. The largest absolute Gasteiger partial charge is 0.494 e. The molecule has 0 spiro atoms. The zero-order valence-electron chi connectivity index (χ0n) is 10.6. The van der Waals surface area contributed by atoms with E-state index >= 15 is 0 Å². The minimum atomic E-state index is 0.531. The summed E-state index contributed by atoms with van der Waals surface area (Å²) in [6, 6.07) is 6.41. The number of rotatable bonds is 6. The number of allylic oxidation sites excluding steroid dienone is 1. The average molecular weight is 218 g/mol. The Labute approximate surface area is 99.1 Å². The molecule has 0 bridgehead atoms. The second kappa shape index (κ2) is 6.37. The molecule has 0 saturated carbocycles. The summed E-state index contributed by atoms with van der Waals surface area (Å²) < 4.78 is 5.51. The predicted octanol–water partition coefficient (Wildman–Crippen LogP) is 4.01. The van der Waals surface area contributed by atoms with Crippen molar-refractivity contribution in [2.24, 2.45) is 5.92 Å². The Balaban J connectivity index is 2.88. The van der Waals surface area contributed by atoms with Crippen molar-refractivity contribution in [1.29, 1.82) is 0 Å². The molecule has 1 aromatic rings. The Bertz CT molecular complexity index is 341. The zero-order chi connectivity index (χ0) is 12.0. The van der Waals surface area contributed by atoms with Crippen LogP contribution >= 0.6 is 0 Å². The summed E-state index contributed by atoms with van der Waals surface area (Å²) in [5.41, 5.74) is 2.80. The molecule has 0 radical (unpaired) electrons. The molecule has 1 unspecified atom stereocenters. The van der Waals surface area contributed by atoms with E-state index in [0.717, 1.165) is 25.2 Å². The first kappa shape index (κ1) is 12.8. The first-order chi connectivity index (χ1) is 7.71. The molecule has 0 heterocycles. The van der Waals surface area contributed by atoms with Crippen LogP contribution < -0.4 is 4.74 Å². The molecule has 0 N–H and O–H groups in total. The summed E-state index contributed by atoms with van der Waals surface area (Å²) in [5.74, 6) is 1.51. The van der Waals surface area contributed by atoms with E-state index in [4.69, 9.17) is 4.74 Å². The Kier molecular flexibility index (Phi) is 5.10. The molecule has 0 aliphatic carbocycles. The van der Waals surface area contributed by atoms with Gasteiger partial charge in [-0.15, -0.1) is 6.58 Å². The highest BCUT2D eigenvalue weighted by molar-refractivity contribution is 5.36. The third kappa shape index (κ3) is 3.41. The van der Waals surface area contributed by atoms with Crippen molar-refractivity contribution >= 4 is 0 Å². The number of aryl methyl sites for hydroxylation is 1. The van der Waals surface area contributed by atoms with Gasteiger partial charge in [0, 0.05) is 0 Å². The lowest BCUT2D eigenvalue weighted by molar-refractivity contribution is 0.340. The van der Waals surface area contributed by atoms with Gasteiger partial charge in [0.2, 0.25) is 0 Å². The van der Waals surface area contributed by atoms with Crippen molar-refractivity contribution in [2.45, 2.75) is 33.6 Å². The van der Waals surface area contributed by atoms with Crippen LogP contribution in [0.1, 0.15) is 31.9 Å². The summed E-state index contributed by atoms with van der Waals surface area (Å²) in [5, 5.41) is 0. The lowest BCUT2D eigenvalue weighted by Gasteiger charge is -2.13. The van der Waals surface area contributed by atoms with Crippen LogP contribution in [-0.4, -0.2) is 6.61 Å². The van der Waals surface area contributed by atoms with Gasteiger partial charge in [-0.1, -0.05) is 26.0 Å². The molecule has 1 aromatic carbocycles. The highest BCUT2D eigenvalue weighted by atomic mass is 16.5. The van der Waals surface area contributed by atoms with Crippen LogP contribution in [0.15, 0.2) is 30.9 Å². The average Bonchev–Trinajstić information content (AvgIpc) is 2.31. The van der Waals surface area contributed by atoms with Gasteiger partial charge in [-0.25, -0.2) is 0 Å². The van der Waals surface area contributed by atoms with E-state index in [-0.39, 0.29) is 0 Å². The zero-order valence-corrected chi connectivity index (χ0v) is 10.6. The molecule has 0 amide bonds. The second-order valence-corrected chi connectivity index (χ2v) is 4.13. The van der Waals surface area contributed by atoms with Crippen LogP contribution in [0.3, 0.4) is 0 Å². The van der Waals surface area contributed by atoms with Crippen LogP contribution in [0.2, 0.25) is 0 Å². The Hall–Kier alpha value is -1.24. The number of hydrogen-bond acceptors (Lipinski definition) is 1. The summed E-state index contributed by atoms with van der Waals surface area (Å²) in [4.78, 5) is 0. The molecule has 1 nitrogen and oxygen atoms in total. The van der Waals surface area contributed by atoms with Crippen molar-refractivity contribution < 1.29 is 4.74 Å². The second-order valence-electron chi connectivity index (χ2n) is 4.13. The standard InChI is InChI=1S/C15H22O/c1-5-12(4)10-14-8-9-15(16-7-3)11-13(14)6-2/h5,8-9,11-12H,1,6-7,10H2,2-4H3. The van der Waals surface area contributed by atoms with Gasteiger partial charge in [0.05, 0.1) is 6.61 Å². The molecule has 0 aliphatic rings. The van der Waals surface area contributed by atoms with Crippen LogP contribution in [0.5, 0.6) is 5.75 Å². The van der Waals surface area contributed by atoms with E-state index < -0.39 is 0 Å². The van der Waals surface area contributed by atoms with Crippen LogP contribution in [0.25, 0.3) is 0 Å². The lowest BCUT2D eigenvalue weighted by atomic mass is 9.95. The lowest BCUT2D eigenvalue weighted by Crippen LogP contribution is -2.01. The SMILES string of the molecule is C=CC(C)Cc1ccc(OCC)cc1CC. The topological polar surface area (TPSA) is 9.23 Å². The van der Waals surface area contributed by atoms with E-state index in [1.165, 1.54) is 11.1 Å². The minimum absolute atomic E-state index is 0.531. The van der Waals surface area contributed by atoms with Crippen molar-refractivity contribution in [3.8, 4) is 5.75 Å². The van der Waals surface area contributed by atoms with Crippen molar-refractivity contribution in [1.82, 2.24) is 0 Å². The molecule has 1 heteroatoms. The molecule has 0 fully saturated rings. The first-order valence-electron chi connectivity index (χ1n) is 6.08. The van der Waals surface area contributed by atoms with Crippen LogP contribution in [-0.2, 0) is 12.8 Å². The molecular formula is C15H22O. The molecule has 88 valence electrons. The first-order valence-corrected chi connectivity index (χ1v) is 6.08. The summed E-state index contributed by atoms with van der Waals surface area (Å²) in [7, 11) is 0. The van der Waals surface area contributed by atoms with Crippen molar-refractivity contribution in [3.63, 3.8) is 0 Å². The summed E-state index contributed by atoms with van der Waals surface area (Å²) in [6.45, 7) is 11.0. The molecule has 0 aliphatic heterocycles. The van der Waals surface area contributed by atoms with Gasteiger partial charge < -0.3 is 4.74 Å². The number of benzene rings is 1. The Morgan fingerprint density at radius 2 is 2.06 bits per heavy atom. The Morgan fingerprint density at radius 1 is 1.31 bits per heavy atom. The van der Waals surface area contributed by atoms with Gasteiger partial charge in [0.1, 0.15) is 5.75 Å². The third-order valence-electron chi connectivity index (χ3n) is 2.81. The van der Waals surface area contributed by atoms with Crippen LogP contribution in [0.4, 0.5) is 0 Å². The van der Waals surface area contributed by atoms with Crippen molar-refractivity contribution in [2.75, 3.05) is 6.61 Å². The molecule has 1 rings (SSSR count). The highest BCUT2D eigenvalue weighted by Crippen LogP contribution is 2.21. The molecule has 0 saturated heterocycles. The van der Waals surface area contributed by atoms with E-state index in [1.807, 2.05) is 13.0 Å². The molecule has 0 aromatic heterocycles. The van der Waals surface area contributed by atoms with Gasteiger partial charge in [-0.2, -0.15) is 0 Å². The summed E-state index contributed by atoms with van der Waals surface area (Å²) in [6.07, 6.45) is 4.13. The quantitative estimate of drug-likeness (QED) is 0.655. The molecule has 1 atom stereocenters. The number of ether oxygens (including phenoxy) is 1. The Morgan fingerprint density at radius 3 is 2.62 bits per heavy atom. The fourth-order valence-electron chi connectivity index (χ4n) is 1.82. The fourth-order valence-corrected chi connectivity index (χ4v) is 1.82. The van der Waals surface area contributed by atoms with Gasteiger partial charge >= 0.3 is 0 Å². The smallest absolute Gasteiger partial charge is 0.119 e. The summed E-state index contributed by atoms with van der Waals surface area (Å²) >= 11 is 0. The number of hydrogen-bond donors (Lipinski definition) is 0. The van der Waals surface area contributed by atoms with Crippen molar-refractivity contribution in [3.05, 3.63) is 42.0 Å². The van der Waals surface area contributed by atoms with Gasteiger partial charge in [0.25, 0.3) is 0 Å². The van der Waals surface area contributed by atoms with Gasteiger partial charge in [0.15, 0.2) is 0 Å². The maximum atomic E-state index is 5.51. The predicted molar refractivity (Wildman–Crippen MR) is 70.1 cm³/mol. The maximum absolute atomic E-state index is 5.51. The highest BCUT2D eigenvalue weighted by Gasteiger charge is 2.05. The third-order valence-corrected chi connectivity index (χ3v) is 2.81. The van der Waals surface area contributed by atoms with E-state index in [9.17, 15) is 0 Å². The minimum Gasteiger partial charge on any atom is -0.494 e. The monoisotopic (exact) mass is 218 g/mol. The maximum Gasteiger partial charge on any atom is 0.119 e. The van der Waals surface area contributed by atoms with E-state index in [2.05, 4.69) is 38.6 Å². The fraction of sp³-hybridized carbons (Fsp3) is 0.467.